The van der Waals surface area contributed by atoms with Gasteiger partial charge in [-0.1, -0.05) is 11.6 Å². The van der Waals surface area contributed by atoms with E-state index in [0.29, 0.717) is 11.4 Å². The summed E-state index contributed by atoms with van der Waals surface area (Å²) < 4.78 is 50.3. The topological polar surface area (TPSA) is 38.0 Å². The number of nitrogen functional groups attached to an aromatic ring is 1. The van der Waals surface area contributed by atoms with Crippen LogP contribution in [-0.2, 0) is 6.18 Å². The average Bonchev–Trinajstić information content (AvgIpc) is 2.35. The summed E-state index contributed by atoms with van der Waals surface area (Å²) in [6.07, 6.45) is -4.39. The van der Waals surface area contributed by atoms with Crippen LogP contribution in [0, 0.1) is 5.82 Å². The molecule has 20 heavy (non-hydrogen) atoms. The van der Waals surface area contributed by atoms with E-state index in [4.69, 9.17) is 17.3 Å². The van der Waals surface area contributed by atoms with Crippen molar-refractivity contribution in [1.82, 2.24) is 0 Å². The number of hydrogen-bond donors (Lipinski definition) is 2. The van der Waals surface area contributed by atoms with Gasteiger partial charge in [-0.3, -0.25) is 0 Å². The van der Waals surface area contributed by atoms with Gasteiger partial charge >= 0.3 is 6.18 Å². The Morgan fingerprint density at radius 1 is 1.05 bits per heavy atom. The zero-order valence-electron chi connectivity index (χ0n) is 9.93. The molecule has 0 spiro atoms. The maximum absolute atomic E-state index is 13.1. The molecular formula is C13H9ClF4N2. The number of rotatable bonds is 2. The van der Waals surface area contributed by atoms with E-state index in [2.05, 4.69) is 5.32 Å². The van der Waals surface area contributed by atoms with Gasteiger partial charge in [-0.2, -0.15) is 13.2 Å². The van der Waals surface area contributed by atoms with Crippen molar-refractivity contribution in [3.8, 4) is 0 Å². The minimum atomic E-state index is -4.39. The molecule has 0 heterocycles. The molecule has 2 aromatic rings. The fourth-order valence-corrected chi connectivity index (χ4v) is 1.73. The van der Waals surface area contributed by atoms with Crippen LogP contribution in [0.3, 0.4) is 0 Å². The highest BCUT2D eigenvalue weighted by molar-refractivity contribution is 6.31. The van der Waals surface area contributed by atoms with E-state index in [-0.39, 0.29) is 10.7 Å². The number of anilines is 3. The fraction of sp³-hybridized carbons (Fsp3) is 0.0769. The van der Waals surface area contributed by atoms with E-state index >= 15 is 0 Å². The Morgan fingerprint density at radius 2 is 1.65 bits per heavy atom. The maximum Gasteiger partial charge on any atom is 0.416 e. The molecule has 7 heteroatoms. The van der Waals surface area contributed by atoms with Crippen LogP contribution in [0.1, 0.15) is 5.56 Å². The van der Waals surface area contributed by atoms with E-state index in [1.54, 1.807) is 0 Å². The molecule has 2 aromatic carbocycles. The average molecular weight is 305 g/mol. The standard InChI is InChI=1S/C13H9ClF4N2/c14-9-5-12(11(19)6-10(9)15)20-8-3-1-7(2-4-8)13(16,17)18/h1-6,20H,19H2. The first-order valence-electron chi connectivity index (χ1n) is 5.46. The Balaban J connectivity index is 2.25. The van der Waals surface area contributed by atoms with E-state index in [0.717, 1.165) is 18.2 Å². The van der Waals surface area contributed by atoms with E-state index < -0.39 is 17.6 Å². The second-order valence-corrected chi connectivity index (χ2v) is 4.46. The minimum absolute atomic E-state index is 0.104. The quantitative estimate of drug-likeness (QED) is 0.616. The molecule has 0 atom stereocenters. The van der Waals surface area contributed by atoms with Gasteiger partial charge < -0.3 is 11.1 Å². The first-order chi connectivity index (χ1) is 9.27. The molecule has 0 radical (unpaired) electrons. The summed E-state index contributed by atoms with van der Waals surface area (Å²) in [5.74, 6) is -0.665. The van der Waals surface area contributed by atoms with Crippen molar-refractivity contribution in [2.75, 3.05) is 11.1 Å². The first kappa shape index (κ1) is 14.5. The monoisotopic (exact) mass is 304 g/mol. The Hall–Kier alpha value is -1.95. The lowest BCUT2D eigenvalue weighted by molar-refractivity contribution is -0.137. The normalized spacial score (nSPS) is 11.4. The number of nitrogens with two attached hydrogens (primary N) is 1. The molecule has 0 aliphatic carbocycles. The molecule has 0 aliphatic heterocycles. The Kier molecular flexibility index (Phi) is 3.76. The molecule has 0 unspecified atom stereocenters. The zero-order valence-corrected chi connectivity index (χ0v) is 10.7. The maximum atomic E-state index is 13.1. The summed E-state index contributed by atoms with van der Waals surface area (Å²) in [5.41, 5.74) is 5.64. The first-order valence-corrected chi connectivity index (χ1v) is 5.84. The van der Waals surface area contributed by atoms with Crippen molar-refractivity contribution >= 4 is 28.7 Å². The van der Waals surface area contributed by atoms with Crippen LogP contribution >= 0.6 is 11.6 Å². The molecule has 2 rings (SSSR count). The molecule has 0 aromatic heterocycles. The largest absolute Gasteiger partial charge is 0.416 e. The van der Waals surface area contributed by atoms with Crippen molar-refractivity contribution in [3.05, 3.63) is 52.8 Å². The summed E-state index contributed by atoms with van der Waals surface area (Å²) in [6.45, 7) is 0. The zero-order chi connectivity index (χ0) is 14.9. The lowest BCUT2D eigenvalue weighted by atomic mass is 10.2. The molecule has 0 amide bonds. The molecule has 0 saturated carbocycles. The predicted octanol–water partition coefficient (Wildman–Crippen LogP) is 4.82. The summed E-state index contributed by atoms with van der Waals surface area (Å²) in [7, 11) is 0. The van der Waals surface area contributed by atoms with E-state index in [1.165, 1.54) is 18.2 Å². The highest BCUT2D eigenvalue weighted by atomic mass is 35.5. The highest BCUT2D eigenvalue weighted by Gasteiger charge is 2.29. The lowest BCUT2D eigenvalue weighted by Gasteiger charge is -2.12. The minimum Gasteiger partial charge on any atom is -0.397 e. The van der Waals surface area contributed by atoms with Crippen LogP contribution in [0.4, 0.5) is 34.6 Å². The molecule has 0 aliphatic rings. The molecule has 0 fully saturated rings. The number of halogens is 5. The Morgan fingerprint density at radius 3 is 2.20 bits per heavy atom. The van der Waals surface area contributed by atoms with E-state index in [1.807, 2.05) is 0 Å². The summed E-state index contributed by atoms with van der Waals surface area (Å²) in [5, 5.41) is 2.64. The van der Waals surface area contributed by atoms with Gasteiger partial charge in [-0.15, -0.1) is 0 Å². The second kappa shape index (κ2) is 5.20. The molecule has 106 valence electrons. The van der Waals surface area contributed by atoms with E-state index in [9.17, 15) is 17.6 Å². The highest BCUT2D eigenvalue weighted by Crippen LogP contribution is 2.32. The third-order valence-electron chi connectivity index (χ3n) is 2.58. The van der Waals surface area contributed by atoms with Crippen molar-refractivity contribution in [1.29, 1.82) is 0 Å². The van der Waals surface area contributed by atoms with Crippen LogP contribution in [0.5, 0.6) is 0 Å². The van der Waals surface area contributed by atoms with Crippen LogP contribution < -0.4 is 11.1 Å². The third-order valence-corrected chi connectivity index (χ3v) is 2.87. The summed E-state index contributed by atoms with van der Waals surface area (Å²) in [4.78, 5) is 0. The van der Waals surface area contributed by atoms with Gasteiger partial charge in [-0.05, 0) is 30.3 Å². The fourth-order valence-electron chi connectivity index (χ4n) is 1.57. The van der Waals surface area contributed by atoms with Gasteiger partial charge in [0.25, 0.3) is 0 Å². The molecular weight excluding hydrogens is 296 g/mol. The van der Waals surface area contributed by atoms with Gasteiger partial charge in [0.1, 0.15) is 5.82 Å². The summed E-state index contributed by atoms with van der Waals surface area (Å²) in [6, 6.07) is 6.67. The van der Waals surface area contributed by atoms with Crippen molar-refractivity contribution in [2.45, 2.75) is 6.18 Å². The van der Waals surface area contributed by atoms with Crippen LogP contribution in [-0.4, -0.2) is 0 Å². The van der Waals surface area contributed by atoms with Gasteiger partial charge in [0, 0.05) is 11.8 Å². The number of benzene rings is 2. The van der Waals surface area contributed by atoms with Crippen LogP contribution in [0.2, 0.25) is 5.02 Å². The number of nitrogens with one attached hydrogen (secondary N) is 1. The SMILES string of the molecule is Nc1cc(F)c(Cl)cc1Nc1ccc(C(F)(F)F)cc1. The van der Waals surface area contributed by atoms with Crippen LogP contribution in [0.25, 0.3) is 0 Å². The molecule has 0 bridgehead atoms. The van der Waals surface area contributed by atoms with Gasteiger partial charge in [0.15, 0.2) is 0 Å². The van der Waals surface area contributed by atoms with Crippen LogP contribution in [0.15, 0.2) is 36.4 Å². The second-order valence-electron chi connectivity index (χ2n) is 4.05. The van der Waals surface area contributed by atoms with Crippen molar-refractivity contribution in [2.24, 2.45) is 0 Å². The Bertz CT molecular complexity index is 624. The van der Waals surface area contributed by atoms with Crippen molar-refractivity contribution < 1.29 is 17.6 Å². The van der Waals surface area contributed by atoms with Gasteiger partial charge in [-0.25, -0.2) is 4.39 Å². The Labute approximate surface area is 117 Å². The molecule has 3 N–H and O–H groups in total. The van der Waals surface area contributed by atoms with Gasteiger partial charge in [0.2, 0.25) is 0 Å². The molecule has 0 saturated heterocycles. The smallest absolute Gasteiger partial charge is 0.397 e. The molecule has 2 nitrogen and oxygen atoms in total. The summed E-state index contributed by atoms with van der Waals surface area (Å²) >= 11 is 5.62. The van der Waals surface area contributed by atoms with Gasteiger partial charge in [0.05, 0.1) is 22.0 Å². The third kappa shape index (κ3) is 3.14. The number of hydrogen-bond acceptors (Lipinski definition) is 2. The predicted molar refractivity (Wildman–Crippen MR) is 70.5 cm³/mol. The van der Waals surface area contributed by atoms with Crippen molar-refractivity contribution in [3.63, 3.8) is 0 Å². The number of alkyl halides is 3. The lowest BCUT2D eigenvalue weighted by Crippen LogP contribution is -2.04.